The molecule has 0 fully saturated rings. The van der Waals surface area contributed by atoms with Crippen molar-refractivity contribution in [2.75, 3.05) is 0 Å². The van der Waals surface area contributed by atoms with Crippen LogP contribution in [0.1, 0.15) is 113 Å². The average Bonchev–Trinajstić information content (AvgIpc) is 2.29. The summed E-state index contributed by atoms with van der Waals surface area (Å²) in [4.78, 5) is 0. The molecule has 6 heterocycles. The normalized spacial score (nSPS) is 14.7. The molecular formula is C69H58N2S2. The molecule has 15 aromatic rings. The quantitative estimate of drug-likeness (QED) is 0.167. The van der Waals surface area contributed by atoms with Crippen LogP contribution in [0.4, 0.5) is 0 Å². The van der Waals surface area contributed by atoms with E-state index >= 15 is 0 Å². The molecule has 9 aromatic carbocycles. The fourth-order valence-electron chi connectivity index (χ4n) is 12.2. The van der Waals surface area contributed by atoms with Crippen LogP contribution in [0.3, 0.4) is 0 Å². The summed E-state index contributed by atoms with van der Waals surface area (Å²) in [5.74, 6) is -0.115. The summed E-state index contributed by atoms with van der Waals surface area (Å²) >= 11 is 3.65. The number of thiophene rings is 2. The third-order valence-corrected chi connectivity index (χ3v) is 18.3. The first kappa shape index (κ1) is 37.7. The molecule has 0 aliphatic carbocycles. The molecule has 0 saturated carbocycles. The molecule has 0 bridgehead atoms. The highest BCUT2D eigenvalue weighted by Gasteiger charge is 2.30. The summed E-state index contributed by atoms with van der Waals surface area (Å²) in [5.41, 5.74) is 9.90. The highest BCUT2D eigenvalue weighted by Crippen LogP contribution is 2.53. The van der Waals surface area contributed by atoms with E-state index in [2.05, 4.69) is 194 Å². The van der Waals surface area contributed by atoms with E-state index < -0.39 is 16.2 Å². The molecule has 6 aromatic heterocycles. The Bertz CT molecular complexity index is 5200. The van der Waals surface area contributed by atoms with Crippen molar-refractivity contribution >= 4 is 139 Å². The third-order valence-electron chi connectivity index (χ3n) is 15.9. The maximum atomic E-state index is 10.2. The second kappa shape index (κ2) is 14.4. The second-order valence-electron chi connectivity index (χ2n) is 24.1. The van der Waals surface area contributed by atoms with Crippen molar-refractivity contribution in [2.45, 2.75) is 98.3 Å². The molecule has 0 unspecified atom stereocenters. The highest BCUT2D eigenvalue weighted by atomic mass is 32.1. The van der Waals surface area contributed by atoms with Crippen molar-refractivity contribution in [1.82, 2.24) is 8.80 Å². The zero-order chi connectivity index (χ0) is 55.2. The Morgan fingerprint density at radius 1 is 0.397 bits per heavy atom. The zero-order valence-electron chi connectivity index (χ0n) is 49.2. The molecule has 2 nitrogen and oxygen atoms in total. The van der Waals surface area contributed by atoms with Crippen molar-refractivity contribution in [3.05, 3.63) is 168 Å². The number of nitrogens with zero attached hydrogens (tertiary/aromatic N) is 2. The van der Waals surface area contributed by atoms with Gasteiger partial charge in [-0.25, -0.2) is 0 Å². The van der Waals surface area contributed by atoms with Crippen LogP contribution in [0.5, 0.6) is 0 Å². The van der Waals surface area contributed by atoms with Crippen molar-refractivity contribution in [3.8, 4) is 22.3 Å². The molecule has 0 radical (unpaired) electrons. The SMILES string of the molecule is [2H]c1c(-c2ccc3c4c5sc6ccccc6c5ccc4n4c5cc6c7c(-c8c([2H])c(C(C)(C)C)c([2H])c(C(C)(C)C)c8[2H])ccc8c9c%10sc%11ccccc%11c%10ccc9n(c6cc5c2c34)c87)c([2H])c(C(C)(C)C)c([2H])c1C(C)C. The predicted molar refractivity (Wildman–Crippen MR) is 323 cm³/mol. The number of benzene rings is 9. The van der Waals surface area contributed by atoms with Gasteiger partial charge in [0, 0.05) is 83.4 Å². The number of aromatic nitrogens is 2. The lowest BCUT2D eigenvalue weighted by atomic mass is 9.78. The van der Waals surface area contributed by atoms with Gasteiger partial charge in [0.1, 0.15) is 0 Å². The van der Waals surface area contributed by atoms with Crippen LogP contribution in [-0.2, 0) is 16.2 Å². The van der Waals surface area contributed by atoms with E-state index in [4.69, 9.17) is 0 Å². The predicted octanol–water partition coefficient (Wildman–Crippen LogP) is 21.1. The second-order valence-corrected chi connectivity index (χ2v) is 26.2. The fourth-order valence-corrected chi connectivity index (χ4v) is 14.7. The van der Waals surface area contributed by atoms with Gasteiger partial charge in [-0.3, -0.25) is 0 Å². The molecule has 0 saturated heterocycles. The fraction of sp³-hybridized carbons (Fsp3) is 0.217. The first-order valence-corrected chi connectivity index (χ1v) is 27.4. The van der Waals surface area contributed by atoms with Gasteiger partial charge in [-0.15, -0.1) is 22.7 Å². The van der Waals surface area contributed by atoms with Crippen LogP contribution < -0.4 is 0 Å². The van der Waals surface area contributed by atoms with Crippen molar-refractivity contribution in [1.29, 1.82) is 0 Å². The van der Waals surface area contributed by atoms with Crippen LogP contribution in [-0.4, -0.2) is 8.80 Å². The molecule has 0 aliphatic heterocycles. The number of hydrogen-bond acceptors (Lipinski definition) is 2. The smallest absolute Gasteiger partial charge is 0.0632 e. The number of rotatable bonds is 3. The van der Waals surface area contributed by atoms with E-state index in [1.54, 1.807) is 0 Å². The summed E-state index contributed by atoms with van der Waals surface area (Å²) in [7, 11) is 0. The summed E-state index contributed by atoms with van der Waals surface area (Å²) < 4.78 is 69.7. The lowest BCUT2D eigenvalue weighted by molar-refractivity contribution is 0.569. The van der Waals surface area contributed by atoms with Crippen molar-refractivity contribution < 1.29 is 8.22 Å². The zero-order valence-corrected chi connectivity index (χ0v) is 44.8. The van der Waals surface area contributed by atoms with E-state index in [-0.39, 0.29) is 42.2 Å². The Morgan fingerprint density at radius 3 is 1.25 bits per heavy atom. The maximum Gasteiger partial charge on any atom is 0.0632 e. The van der Waals surface area contributed by atoms with Gasteiger partial charge < -0.3 is 8.80 Å². The average molecular weight is 985 g/mol. The molecule has 0 amide bonds. The lowest BCUT2D eigenvalue weighted by Crippen LogP contribution is -2.16. The van der Waals surface area contributed by atoms with Crippen LogP contribution in [0.2, 0.25) is 0 Å². The van der Waals surface area contributed by atoms with E-state index in [1.807, 2.05) is 22.7 Å². The standard InChI is InChI=1S/C69H58N2S2/c1-36(2)37-28-38(30-40(29-37)67(3,4)5)43-20-22-49-61-53(26-24-47-45-16-12-14-18-57(45)72-65(47)61)70-55-35-52-56(34-51(55)59(43)63(49)70)71-54-27-25-48-46-17-13-15-19-58(46)73-66(48)62(54)50-23-21-44(60(52)64(50)71)39-31-41(68(6,7)8)33-42(32-39)69(9,10)11/h12-36H,1-11H3/i28D,29D,30D,31D,32D,33D. The minimum absolute atomic E-state index is 0.115. The van der Waals surface area contributed by atoms with Crippen LogP contribution in [0.15, 0.2) is 145 Å². The Morgan fingerprint density at radius 2 is 0.808 bits per heavy atom. The molecule has 15 rings (SSSR count). The Hall–Kier alpha value is -6.98. The number of hydrogen-bond donors (Lipinski definition) is 0. The topological polar surface area (TPSA) is 8.82 Å². The minimum atomic E-state index is -0.548. The molecule has 0 atom stereocenters. The Labute approximate surface area is 442 Å². The van der Waals surface area contributed by atoms with Gasteiger partial charge in [-0.05, 0) is 103 Å². The molecule has 4 heteroatoms. The lowest BCUT2D eigenvalue weighted by Gasteiger charge is -2.26. The molecule has 73 heavy (non-hydrogen) atoms. The van der Waals surface area contributed by atoms with E-state index in [9.17, 15) is 8.22 Å². The summed E-state index contributed by atoms with van der Waals surface area (Å²) in [5, 5.41) is 13.4. The molecular weight excluding hydrogens is 921 g/mol. The summed E-state index contributed by atoms with van der Waals surface area (Å²) in [6, 6.07) is 41.4. The highest BCUT2D eigenvalue weighted by molar-refractivity contribution is 7.27. The van der Waals surface area contributed by atoms with Gasteiger partial charge in [-0.2, -0.15) is 0 Å². The third kappa shape index (κ3) is 5.91. The summed E-state index contributed by atoms with van der Waals surface area (Å²) in [6.07, 6.45) is 0. The monoisotopic (exact) mass is 984 g/mol. The Balaban J connectivity index is 1.19. The van der Waals surface area contributed by atoms with Gasteiger partial charge >= 0.3 is 0 Å². The van der Waals surface area contributed by atoms with Gasteiger partial charge in [0.25, 0.3) is 0 Å². The summed E-state index contributed by atoms with van der Waals surface area (Å²) in [6.45, 7) is 22.8. The molecule has 0 spiro atoms. The minimum Gasteiger partial charge on any atom is -0.308 e. The van der Waals surface area contributed by atoms with Gasteiger partial charge in [0.05, 0.1) is 41.3 Å². The molecule has 356 valence electrons. The van der Waals surface area contributed by atoms with E-state index in [0.717, 1.165) is 76.5 Å². The van der Waals surface area contributed by atoms with Crippen molar-refractivity contribution in [3.63, 3.8) is 0 Å². The maximum absolute atomic E-state index is 10.2. The van der Waals surface area contributed by atoms with Crippen LogP contribution in [0, 0.1) is 0 Å². The first-order valence-electron chi connectivity index (χ1n) is 28.8. The van der Waals surface area contributed by atoms with Crippen molar-refractivity contribution in [2.24, 2.45) is 0 Å². The first-order chi connectivity index (χ1) is 37.5. The van der Waals surface area contributed by atoms with Gasteiger partial charge in [-0.1, -0.05) is 185 Å². The largest absolute Gasteiger partial charge is 0.308 e. The van der Waals surface area contributed by atoms with E-state index in [1.165, 1.54) is 51.1 Å². The Kier molecular flexibility index (Phi) is 7.44. The van der Waals surface area contributed by atoms with Crippen LogP contribution in [0.25, 0.3) is 139 Å². The van der Waals surface area contributed by atoms with Gasteiger partial charge in [0.2, 0.25) is 0 Å². The molecule has 0 N–H and O–H groups in total. The number of fused-ring (bicyclic) bond motifs is 20. The van der Waals surface area contributed by atoms with Gasteiger partial charge in [0.15, 0.2) is 0 Å². The van der Waals surface area contributed by atoms with Crippen LogP contribution >= 0.6 is 22.7 Å². The molecule has 0 aliphatic rings. The van der Waals surface area contributed by atoms with E-state index in [0.29, 0.717) is 33.4 Å².